The summed E-state index contributed by atoms with van der Waals surface area (Å²) in [6, 6.07) is 4.65. The Balaban J connectivity index is 0.000000158. The molecule has 452 valence electrons. The van der Waals surface area contributed by atoms with Crippen LogP contribution in [0.2, 0.25) is 0 Å². The molecule has 0 bridgehead atoms. The topological polar surface area (TPSA) is 108 Å². The van der Waals surface area contributed by atoms with Crippen molar-refractivity contribution in [1.82, 2.24) is 44.1 Å². The van der Waals surface area contributed by atoms with Crippen molar-refractivity contribution < 1.29 is 28.6 Å². The van der Waals surface area contributed by atoms with Gasteiger partial charge in [-0.2, -0.15) is 0 Å². The fourth-order valence-electron chi connectivity index (χ4n) is 14.0. The van der Waals surface area contributed by atoms with Gasteiger partial charge in [0.25, 0.3) is 5.91 Å². The molecule has 0 radical (unpaired) electrons. The van der Waals surface area contributed by atoms with Gasteiger partial charge in [-0.25, -0.2) is 0 Å². The van der Waals surface area contributed by atoms with Crippen LogP contribution < -0.4 is 0 Å². The molecule has 10 aliphatic rings. The number of carbonyl (C=O) groups is 3. The summed E-state index contributed by atoms with van der Waals surface area (Å²) in [5, 5.41) is 0. The zero-order valence-electron chi connectivity index (χ0n) is 53.8. The first kappa shape index (κ1) is 65.2. The van der Waals surface area contributed by atoms with Crippen LogP contribution >= 0.6 is 0 Å². The molecule has 10 fully saturated rings. The largest absolute Gasteiger partial charge is 0.345 e. The minimum absolute atomic E-state index is 0.0332. The number of piperidine rings is 1. The molecule has 15 nitrogen and oxygen atoms in total. The molecule has 10 rings (SSSR count). The minimum atomic E-state index is -0.533. The number of hydrogen-bond acceptors (Lipinski definition) is 12. The second-order valence-electron chi connectivity index (χ2n) is 28.9. The fourth-order valence-corrected chi connectivity index (χ4v) is 14.0. The lowest BCUT2D eigenvalue weighted by molar-refractivity contribution is -0.254. The highest BCUT2D eigenvalue weighted by molar-refractivity contribution is 5.88. The van der Waals surface area contributed by atoms with E-state index in [1.807, 2.05) is 18.7 Å². The van der Waals surface area contributed by atoms with E-state index in [0.717, 1.165) is 116 Å². The summed E-state index contributed by atoms with van der Waals surface area (Å²) in [5.74, 6) is 1.32. The fraction of sp³-hybridized carbons (Fsp3) is 0.952. The van der Waals surface area contributed by atoms with Crippen LogP contribution in [0.5, 0.6) is 0 Å². The first-order chi connectivity index (χ1) is 36.4. The van der Waals surface area contributed by atoms with Gasteiger partial charge < -0.3 is 38.7 Å². The number of ether oxygens (including phenoxy) is 3. The van der Waals surface area contributed by atoms with Crippen LogP contribution in [-0.4, -0.2) is 239 Å². The Morgan fingerprint density at radius 1 is 0.372 bits per heavy atom. The van der Waals surface area contributed by atoms with Gasteiger partial charge >= 0.3 is 0 Å². The smallest absolute Gasteiger partial charge is 0.258 e. The molecule has 10 saturated heterocycles. The average molecular weight is 1100 g/mol. The maximum atomic E-state index is 12.7. The minimum Gasteiger partial charge on any atom is -0.345 e. The van der Waals surface area contributed by atoms with Crippen LogP contribution in [0.25, 0.3) is 0 Å². The molecule has 10 heterocycles. The average Bonchev–Trinajstić information content (AvgIpc) is 4.23. The van der Waals surface area contributed by atoms with E-state index in [-0.39, 0.29) is 28.6 Å². The van der Waals surface area contributed by atoms with Crippen LogP contribution in [0.1, 0.15) is 190 Å². The summed E-state index contributed by atoms with van der Waals surface area (Å²) < 4.78 is 17.5. The molecule has 15 heteroatoms. The molecule has 3 amide bonds. The molecule has 0 N–H and O–H groups in total. The van der Waals surface area contributed by atoms with E-state index in [1.165, 1.54) is 45.4 Å². The molecule has 4 atom stereocenters. The number of amides is 3. The highest BCUT2D eigenvalue weighted by Crippen LogP contribution is 2.44. The second kappa shape index (κ2) is 26.7. The quantitative estimate of drug-likeness (QED) is 0.209. The molecule has 78 heavy (non-hydrogen) atoms. The van der Waals surface area contributed by atoms with Crippen molar-refractivity contribution in [2.24, 2.45) is 22.2 Å². The lowest BCUT2D eigenvalue weighted by Gasteiger charge is -2.48. The lowest BCUT2D eigenvalue weighted by atomic mass is 9.78. The zero-order chi connectivity index (χ0) is 57.9. The van der Waals surface area contributed by atoms with Crippen molar-refractivity contribution in [3.8, 4) is 0 Å². The van der Waals surface area contributed by atoms with Gasteiger partial charge in [-0.05, 0) is 214 Å². The number of nitrogens with zero attached hydrogens (tertiary/aromatic N) is 9. The third-order valence-electron chi connectivity index (χ3n) is 20.2. The third kappa shape index (κ3) is 14.9. The van der Waals surface area contributed by atoms with E-state index < -0.39 is 5.60 Å². The summed E-state index contributed by atoms with van der Waals surface area (Å²) in [7, 11) is 0. The van der Waals surface area contributed by atoms with E-state index in [9.17, 15) is 14.4 Å². The highest BCUT2D eigenvalue weighted by atomic mass is 16.8. The van der Waals surface area contributed by atoms with Gasteiger partial charge in [0.1, 0.15) is 6.73 Å². The third-order valence-corrected chi connectivity index (χ3v) is 20.2. The summed E-state index contributed by atoms with van der Waals surface area (Å²) in [6.07, 6.45) is 9.45. The number of likely N-dealkylation sites (tertiary alicyclic amines) is 8. The molecular weight excluding hydrogens is 979 g/mol. The lowest BCUT2D eigenvalue weighted by Crippen LogP contribution is -2.64. The molecular formula is C63H119N9O6. The van der Waals surface area contributed by atoms with Crippen LogP contribution in [-0.2, 0) is 28.6 Å². The molecule has 4 unspecified atom stereocenters. The summed E-state index contributed by atoms with van der Waals surface area (Å²) in [6.45, 7) is 60.1. The predicted molar refractivity (Wildman–Crippen MR) is 317 cm³/mol. The van der Waals surface area contributed by atoms with Gasteiger partial charge in [0.05, 0.1) is 36.6 Å². The van der Waals surface area contributed by atoms with Gasteiger partial charge in [-0.15, -0.1) is 0 Å². The predicted octanol–water partition coefficient (Wildman–Crippen LogP) is 8.59. The standard InChI is InChI=1S/C14H26N2O.C13H24N2O.C13H26N2.C12H22N2O2.C11H21NO2/c1-11(2)15-9-7-14(10-15)6-5-8-16(12(3)4)13(14)17;1-10(2)14-7-5-13(9-14)6-8-15(11(3)4)12(13)16;1-11(2)14-7-5-13(9-14)6-8-15(10-13)12(3)4;1-9(2)13-6-5-12(7-13)11(15)14(8-16-12)10(3)4;1-8(2)10-5-13-11(14-10)6-12(7-11)9(3)4/h11-12H,5-10H2,1-4H3;10-11H,5-9H2,1-4H3;11-12H,5-10H2,1-4H3;9-10H,5-8H2,1-4H3;8-10H,5-7H2,1-4H3. The van der Waals surface area contributed by atoms with E-state index in [1.54, 1.807) is 0 Å². The highest BCUT2D eigenvalue weighted by Gasteiger charge is 2.55. The number of rotatable bonds is 10. The van der Waals surface area contributed by atoms with Crippen molar-refractivity contribution in [2.75, 3.05) is 105 Å². The maximum absolute atomic E-state index is 12.7. The Labute approximate surface area is 477 Å². The first-order valence-electron chi connectivity index (χ1n) is 31.8. The monoisotopic (exact) mass is 1100 g/mol. The molecule has 0 aromatic carbocycles. The van der Waals surface area contributed by atoms with Crippen molar-refractivity contribution in [3.63, 3.8) is 0 Å². The Morgan fingerprint density at radius 2 is 0.769 bits per heavy atom. The van der Waals surface area contributed by atoms with Gasteiger partial charge in [0, 0.05) is 107 Å². The number of carbonyl (C=O) groups excluding carboxylic acids is 3. The summed E-state index contributed by atoms with van der Waals surface area (Å²) in [5.41, 5.74) is 0.0322. The summed E-state index contributed by atoms with van der Waals surface area (Å²) >= 11 is 0. The van der Waals surface area contributed by atoms with Gasteiger partial charge in [-0.1, -0.05) is 13.8 Å². The van der Waals surface area contributed by atoms with Gasteiger partial charge in [0.15, 0.2) is 11.4 Å². The van der Waals surface area contributed by atoms with E-state index in [2.05, 4.69) is 164 Å². The van der Waals surface area contributed by atoms with Gasteiger partial charge in [0.2, 0.25) is 11.8 Å². The Hall–Kier alpha value is -1.95. The second-order valence-corrected chi connectivity index (χ2v) is 28.9. The molecule has 0 aliphatic carbocycles. The molecule has 5 spiro atoms. The van der Waals surface area contributed by atoms with E-state index >= 15 is 0 Å². The molecule has 0 aromatic heterocycles. The maximum Gasteiger partial charge on any atom is 0.258 e. The van der Waals surface area contributed by atoms with Crippen molar-refractivity contribution in [3.05, 3.63) is 0 Å². The van der Waals surface area contributed by atoms with Crippen LogP contribution in [0.4, 0.5) is 0 Å². The van der Waals surface area contributed by atoms with Crippen LogP contribution in [0.3, 0.4) is 0 Å². The van der Waals surface area contributed by atoms with E-state index in [4.69, 9.17) is 14.2 Å². The van der Waals surface area contributed by atoms with Crippen molar-refractivity contribution in [1.29, 1.82) is 0 Å². The molecule has 0 aromatic rings. The molecule has 10 aliphatic heterocycles. The Morgan fingerprint density at radius 3 is 1.14 bits per heavy atom. The van der Waals surface area contributed by atoms with Gasteiger partial charge in [-0.3, -0.25) is 34.0 Å². The SMILES string of the molecule is CC(C)C1COC2(CN(C(C)C)C2)O1.CC(C)N1CCC2(C1)OCN(C(C)C)C2=O.CC(C)N1CCC2(CCCN(C(C)C)C2=O)C1.CC(C)N1CCC2(CCN(C(C)C)C2)C1.CC(C)N1CCC2(CCN(C(C)C)C2=O)C1. The normalized spacial score (nSPS) is 30.8. The summed E-state index contributed by atoms with van der Waals surface area (Å²) in [4.78, 5) is 58.3. The molecule has 0 saturated carbocycles. The van der Waals surface area contributed by atoms with Crippen molar-refractivity contribution in [2.45, 2.75) is 262 Å². The Bertz CT molecular complexity index is 1850. The van der Waals surface area contributed by atoms with Crippen molar-refractivity contribution >= 4 is 17.7 Å². The van der Waals surface area contributed by atoms with Crippen LogP contribution in [0.15, 0.2) is 0 Å². The van der Waals surface area contributed by atoms with E-state index in [0.29, 0.717) is 72.2 Å². The first-order valence-corrected chi connectivity index (χ1v) is 31.8. The van der Waals surface area contributed by atoms with Crippen LogP contribution in [0, 0.1) is 22.2 Å². The zero-order valence-corrected chi connectivity index (χ0v) is 53.8. The Kier molecular flexibility index (Phi) is 22.4. The number of hydrogen-bond donors (Lipinski definition) is 0.